The molecule has 3 rings (SSSR count). The number of rotatable bonds is 10. The normalized spacial score (nSPS) is 15.0. The van der Waals surface area contributed by atoms with Gasteiger partial charge < -0.3 is 10.2 Å². The number of benzene rings is 2. The molecule has 190 valence electrons. The van der Waals surface area contributed by atoms with Gasteiger partial charge in [-0.1, -0.05) is 49.6 Å². The lowest BCUT2D eigenvalue weighted by atomic mass is 10.1. The van der Waals surface area contributed by atoms with Crippen LogP contribution in [0, 0.1) is 3.57 Å². The number of carbonyl (C=O) groups excluding carboxylic acids is 2. The maximum atomic E-state index is 13.7. The summed E-state index contributed by atoms with van der Waals surface area (Å²) in [5, 5.41) is 3.57. The van der Waals surface area contributed by atoms with E-state index in [1.807, 2.05) is 13.0 Å². The summed E-state index contributed by atoms with van der Waals surface area (Å²) in [7, 11) is -3.75. The predicted octanol–water partition coefficient (Wildman–Crippen LogP) is 4.58. The minimum atomic E-state index is -3.75. The van der Waals surface area contributed by atoms with Crippen LogP contribution >= 0.6 is 34.2 Å². The number of hydrogen-bond acceptors (Lipinski definition) is 4. The van der Waals surface area contributed by atoms with Crippen LogP contribution in [0.4, 0.5) is 5.69 Å². The molecule has 0 radical (unpaired) electrons. The molecule has 1 atom stereocenters. The van der Waals surface area contributed by atoms with Crippen LogP contribution in [0.2, 0.25) is 5.02 Å². The van der Waals surface area contributed by atoms with Gasteiger partial charge in [-0.3, -0.25) is 13.9 Å². The summed E-state index contributed by atoms with van der Waals surface area (Å²) in [6.07, 6.45) is 5.45. The molecule has 1 saturated carbocycles. The van der Waals surface area contributed by atoms with Gasteiger partial charge in [-0.25, -0.2) is 8.42 Å². The van der Waals surface area contributed by atoms with Crippen LogP contribution < -0.4 is 9.62 Å². The zero-order valence-corrected chi connectivity index (χ0v) is 23.6. The molecule has 7 nitrogen and oxygen atoms in total. The number of nitrogens with one attached hydrogen (secondary N) is 1. The number of amides is 2. The number of anilines is 1. The summed E-state index contributed by atoms with van der Waals surface area (Å²) in [5.74, 6) is -0.692. The van der Waals surface area contributed by atoms with E-state index in [2.05, 4.69) is 27.9 Å². The minimum Gasteiger partial charge on any atom is -0.352 e. The molecule has 2 amide bonds. The van der Waals surface area contributed by atoms with E-state index in [1.165, 1.54) is 4.90 Å². The van der Waals surface area contributed by atoms with Crippen molar-refractivity contribution >= 4 is 61.7 Å². The summed E-state index contributed by atoms with van der Waals surface area (Å²) >= 11 is 8.51. The Bertz CT molecular complexity index is 1140. The van der Waals surface area contributed by atoms with Crippen molar-refractivity contribution in [1.82, 2.24) is 10.2 Å². The third-order valence-corrected chi connectivity index (χ3v) is 8.41. The van der Waals surface area contributed by atoms with E-state index in [1.54, 1.807) is 42.5 Å². The lowest BCUT2D eigenvalue weighted by Crippen LogP contribution is -2.53. The second-order valence-electron chi connectivity index (χ2n) is 8.77. The molecular formula is C25H31ClIN3O4S. The van der Waals surface area contributed by atoms with Crippen LogP contribution in [0.25, 0.3) is 0 Å². The second-order valence-corrected chi connectivity index (χ2v) is 12.3. The standard InChI is InChI=1S/C25H31ClIN3O4S/c1-3-23(25(32)28-20-9-5-6-10-20)29(16-18-8-4-7-11-22(18)26)24(31)17-30(35(2,33)34)21-14-12-19(27)13-15-21/h4,7-8,11-15,20,23H,3,5-6,9-10,16-17H2,1-2H3,(H,28,32)/t23-/m1/s1. The molecule has 0 heterocycles. The van der Waals surface area contributed by atoms with Gasteiger partial charge in [0.05, 0.1) is 11.9 Å². The Balaban J connectivity index is 1.92. The molecule has 0 aliphatic heterocycles. The Morgan fingerprint density at radius 1 is 1.11 bits per heavy atom. The third kappa shape index (κ3) is 7.57. The van der Waals surface area contributed by atoms with Gasteiger partial charge in [0.1, 0.15) is 12.6 Å². The van der Waals surface area contributed by atoms with Crippen LogP contribution in [0.3, 0.4) is 0 Å². The average molecular weight is 632 g/mol. The summed E-state index contributed by atoms with van der Waals surface area (Å²) in [4.78, 5) is 28.4. The molecule has 2 aromatic carbocycles. The Labute approximate surface area is 226 Å². The molecule has 2 aromatic rings. The Hall–Kier alpha value is -1.85. The predicted molar refractivity (Wildman–Crippen MR) is 148 cm³/mol. The van der Waals surface area contributed by atoms with Crippen molar-refractivity contribution in [2.24, 2.45) is 0 Å². The van der Waals surface area contributed by atoms with Crippen molar-refractivity contribution < 1.29 is 18.0 Å². The molecular weight excluding hydrogens is 601 g/mol. The first-order chi connectivity index (χ1) is 16.6. The summed E-state index contributed by atoms with van der Waals surface area (Å²) in [5.41, 5.74) is 1.08. The first kappa shape index (κ1) is 27.7. The van der Waals surface area contributed by atoms with E-state index in [4.69, 9.17) is 11.6 Å². The Morgan fingerprint density at radius 3 is 2.31 bits per heavy atom. The summed E-state index contributed by atoms with van der Waals surface area (Å²) < 4.78 is 27.3. The van der Waals surface area contributed by atoms with Crippen molar-refractivity contribution in [3.8, 4) is 0 Å². The molecule has 1 fully saturated rings. The van der Waals surface area contributed by atoms with Crippen molar-refractivity contribution in [3.63, 3.8) is 0 Å². The SMILES string of the molecule is CC[C@H](C(=O)NC1CCCC1)N(Cc1ccccc1Cl)C(=O)CN(c1ccc(I)cc1)S(C)(=O)=O. The van der Waals surface area contributed by atoms with E-state index < -0.39 is 28.5 Å². The number of sulfonamides is 1. The highest BCUT2D eigenvalue weighted by atomic mass is 127. The molecule has 1 aliphatic rings. The highest BCUT2D eigenvalue weighted by Gasteiger charge is 2.33. The average Bonchev–Trinajstić information content (AvgIpc) is 3.31. The lowest BCUT2D eigenvalue weighted by molar-refractivity contribution is -0.140. The summed E-state index contributed by atoms with van der Waals surface area (Å²) in [6, 6.07) is 13.4. The molecule has 10 heteroatoms. The molecule has 0 bridgehead atoms. The van der Waals surface area contributed by atoms with E-state index in [-0.39, 0.29) is 18.5 Å². The fraction of sp³-hybridized carbons (Fsp3) is 0.440. The topological polar surface area (TPSA) is 86.8 Å². The van der Waals surface area contributed by atoms with E-state index in [9.17, 15) is 18.0 Å². The first-order valence-corrected chi connectivity index (χ1v) is 15.0. The van der Waals surface area contributed by atoms with Gasteiger partial charge in [-0.05, 0) is 77.7 Å². The van der Waals surface area contributed by atoms with Gasteiger partial charge in [0.15, 0.2) is 0 Å². The molecule has 0 saturated heterocycles. The van der Waals surface area contributed by atoms with Crippen molar-refractivity contribution in [1.29, 1.82) is 0 Å². The van der Waals surface area contributed by atoms with E-state index >= 15 is 0 Å². The van der Waals surface area contributed by atoms with Crippen LogP contribution in [0.1, 0.15) is 44.6 Å². The Kier molecular flexibility index (Phi) is 9.83. The highest BCUT2D eigenvalue weighted by molar-refractivity contribution is 14.1. The molecule has 0 aromatic heterocycles. The molecule has 0 spiro atoms. The quantitative estimate of drug-likeness (QED) is 0.389. The monoisotopic (exact) mass is 631 g/mol. The zero-order valence-electron chi connectivity index (χ0n) is 19.9. The second kappa shape index (κ2) is 12.4. The summed E-state index contributed by atoms with van der Waals surface area (Å²) in [6.45, 7) is 1.52. The molecule has 1 N–H and O–H groups in total. The smallest absolute Gasteiger partial charge is 0.244 e. The fourth-order valence-electron chi connectivity index (χ4n) is 4.32. The maximum absolute atomic E-state index is 13.7. The van der Waals surface area contributed by atoms with Gasteiger partial charge in [-0.15, -0.1) is 0 Å². The first-order valence-electron chi connectivity index (χ1n) is 11.7. The Morgan fingerprint density at radius 2 is 1.74 bits per heavy atom. The van der Waals surface area contributed by atoms with Gasteiger partial charge in [0, 0.05) is 21.2 Å². The van der Waals surface area contributed by atoms with E-state index in [0.717, 1.165) is 39.8 Å². The lowest BCUT2D eigenvalue weighted by Gasteiger charge is -2.33. The number of nitrogens with zero attached hydrogens (tertiary/aromatic N) is 2. The number of halogens is 2. The van der Waals surface area contributed by atoms with Crippen molar-refractivity contribution in [2.75, 3.05) is 17.1 Å². The highest BCUT2D eigenvalue weighted by Crippen LogP contribution is 2.24. The van der Waals surface area contributed by atoms with Gasteiger partial charge >= 0.3 is 0 Å². The third-order valence-electron chi connectivity index (χ3n) is 6.18. The van der Waals surface area contributed by atoms with Gasteiger partial charge in [0.25, 0.3) is 0 Å². The number of hydrogen-bond donors (Lipinski definition) is 1. The van der Waals surface area contributed by atoms with Crippen molar-refractivity contribution in [3.05, 3.63) is 62.7 Å². The van der Waals surface area contributed by atoms with Crippen LogP contribution in [0.15, 0.2) is 48.5 Å². The fourth-order valence-corrected chi connectivity index (χ4v) is 5.72. The minimum absolute atomic E-state index is 0.0966. The molecule has 0 unspecified atom stereocenters. The van der Waals surface area contributed by atoms with Crippen molar-refractivity contribution in [2.45, 2.75) is 57.7 Å². The molecule has 1 aliphatic carbocycles. The van der Waals surface area contributed by atoms with Gasteiger partial charge in [-0.2, -0.15) is 0 Å². The van der Waals surface area contributed by atoms with Crippen LogP contribution in [0.5, 0.6) is 0 Å². The van der Waals surface area contributed by atoms with Gasteiger partial charge in [0.2, 0.25) is 21.8 Å². The number of carbonyl (C=O) groups is 2. The van der Waals surface area contributed by atoms with Crippen LogP contribution in [-0.2, 0) is 26.2 Å². The molecule has 35 heavy (non-hydrogen) atoms. The largest absolute Gasteiger partial charge is 0.352 e. The maximum Gasteiger partial charge on any atom is 0.244 e. The zero-order chi connectivity index (χ0) is 25.6. The van der Waals surface area contributed by atoms with Crippen LogP contribution in [-0.4, -0.2) is 50.0 Å². The van der Waals surface area contributed by atoms with E-state index in [0.29, 0.717) is 22.7 Å².